The number of aromatic nitrogens is 2. The van der Waals surface area contributed by atoms with E-state index in [0.717, 1.165) is 0 Å². The molecule has 1 heterocycles. The van der Waals surface area contributed by atoms with Crippen LogP contribution >= 0.6 is 0 Å². The van der Waals surface area contributed by atoms with Crippen LogP contribution < -0.4 is 22.3 Å². The van der Waals surface area contributed by atoms with Gasteiger partial charge in [-0.2, -0.15) is 0 Å². The smallest absolute Gasteiger partial charge is 0.330 e. The van der Waals surface area contributed by atoms with Crippen LogP contribution in [-0.2, 0) is 11.3 Å². The molecule has 0 saturated heterocycles. The minimum Gasteiger partial charge on any atom is -0.391 e. The van der Waals surface area contributed by atoms with Crippen LogP contribution in [-0.4, -0.2) is 41.0 Å². The summed E-state index contributed by atoms with van der Waals surface area (Å²) in [6.45, 7) is 4.43. The summed E-state index contributed by atoms with van der Waals surface area (Å²) in [6.07, 6.45) is -0.617. The van der Waals surface area contributed by atoms with E-state index in [-0.39, 0.29) is 30.5 Å². The Morgan fingerprint density at radius 2 is 2.10 bits per heavy atom. The highest BCUT2D eigenvalue weighted by Crippen LogP contribution is 2.11. The van der Waals surface area contributed by atoms with Crippen molar-refractivity contribution in [3.8, 4) is 0 Å². The van der Waals surface area contributed by atoms with Crippen molar-refractivity contribution in [2.24, 2.45) is 5.92 Å². The van der Waals surface area contributed by atoms with Crippen LogP contribution in [0.2, 0.25) is 0 Å². The summed E-state index contributed by atoms with van der Waals surface area (Å²) in [5.41, 5.74) is 4.73. The largest absolute Gasteiger partial charge is 0.391 e. The minimum atomic E-state index is -0.617. The number of nitrogens with zero attached hydrogens (tertiary/aromatic N) is 1. The number of hydrogen-bond donors (Lipinski definition) is 4. The van der Waals surface area contributed by atoms with E-state index in [9.17, 15) is 14.7 Å². The highest BCUT2D eigenvalue weighted by molar-refractivity contribution is 5.60. The van der Waals surface area contributed by atoms with Gasteiger partial charge in [-0.15, -0.1) is 0 Å². The number of H-pyrrole nitrogens is 1. The van der Waals surface area contributed by atoms with E-state index >= 15 is 0 Å². The molecule has 0 aliphatic carbocycles. The highest BCUT2D eigenvalue weighted by Gasteiger charge is 2.14. The van der Waals surface area contributed by atoms with Crippen LogP contribution in [0.25, 0.3) is 0 Å². The Labute approximate surface area is 116 Å². The first kappa shape index (κ1) is 16.3. The van der Waals surface area contributed by atoms with Crippen LogP contribution in [0, 0.1) is 5.92 Å². The van der Waals surface area contributed by atoms with Gasteiger partial charge in [0, 0.05) is 13.7 Å². The Hall–Kier alpha value is -1.80. The zero-order chi connectivity index (χ0) is 15.3. The molecule has 0 bridgehead atoms. The maximum atomic E-state index is 11.7. The van der Waals surface area contributed by atoms with Crippen molar-refractivity contribution in [3.63, 3.8) is 0 Å². The Bertz CT molecular complexity index is 549. The van der Waals surface area contributed by atoms with E-state index in [0.29, 0.717) is 6.61 Å². The number of anilines is 2. The molecule has 0 aliphatic heterocycles. The van der Waals surface area contributed by atoms with Crippen LogP contribution in [0.4, 0.5) is 11.5 Å². The van der Waals surface area contributed by atoms with Crippen LogP contribution in [0.15, 0.2) is 9.59 Å². The molecule has 0 saturated carbocycles. The monoisotopic (exact) mass is 286 g/mol. The maximum absolute atomic E-state index is 11.7. The van der Waals surface area contributed by atoms with Gasteiger partial charge in [0.05, 0.1) is 19.3 Å². The van der Waals surface area contributed by atoms with Crippen molar-refractivity contribution in [2.45, 2.75) is 26.5 Å². The number of aromatic amines is 1. The van der Waals surface area contributed by atoms with Crippen molar-refractivity contribution in [1.82, 2.24) is 9.55 Å². The predicted octanol–water partition coefficient (Wildman–Crippen LogP) is -0.806. The van der Waals surface area contributed by atoms with Crippen molar-refractivity contribution in [3.05, 3.63) is 20.8 Å². The summed E-state index contributed by atoms with van der Waals surface area (Å²) >= 11 is 0. The second kappa shape index (κ2) is 7.11. The third-order valence-corrected chi connectivity index (χ3v) is 3.02. The molecule has 0 aromatic carbocycles. The Morgan fingerprint density at radius 1 is 1.45 bits per heavy atom. The van der Waals surface area contributed by atoms with Crippen molar-refractivity contribution >= 4 is 11.5 Å². The van der Waals surface area contributed by atoms with E-state index in [1.54, 1.807) is 0 Å². The number of nitrogens with two attached hydrogens (primary N) is 1. The van der Waals surface area contributed by atoms with Gasteiger partial charge in [-0.1, -0.05) is 13.8 Å². The quantitative estimate of drug-likeness (QED) is 0.520. The van der Waals surface area contributed by atoms with Gasteiger partial charge in [-0.05, 0) is 5.92 Å². The predicted molar refractivity (Wildman–Crippen MR) is 76.9 cm³/mol. The van der Waals surface area contributed by atoms with Gasteiger partial charge in [0.2, 0.25) is 0 Å². The number of hydrogen-bond acceptors (Lipinski definition) is 6. The topological polar surface area (TPSA) is 122 Å². The summed E-state index contributed by atoms with van der Waals surface area (Å²) in [7, 11) is 1.51. The fourth-order valence-electron chi connectivity index (χ4n) is 1.61. The van der Waals surface area contributed by atoms with Gasteiger partial charge in [0.15, 0.2) is 0 Å². The molecule has 0 aliphatic rings. The van der Waals surface area contributed by atoms with E-state index in [2.05, 4.69) is 10.3 Å². The van der Waals surface area contributed by atoms with Gasteiger partial charge in [0.1, 0.15) is 11.5 Å². The molecule has 5 N–H and O–H groups in total. The molecule has 0 fully saturated rings. The van der Waals surface area contributed by atoms with Crippen LogP contribution in [0.1, 0.15) is 13.8 Å². The number of nitrogens with one attached hydrogen (secondary N) is 2. The number of methoxy groups -OCH3 is 1. The highest BCUT2D eigenvalue weighted by atomic mass is 16.5. The zero-order valence-electron chi connectivity index (χ0n) is 12.0. The second-order valence-electron chi connectivity index (χ2n) is 4.86. The molecule has 1 aromatic rings. The number of rotatable bonds is 7. The van der Waals surface area contributed by atoms with E-state index in [4.69, 9.17) is 10.5 Å². The average Bonchev–Trinajstić information content (AvgIpc) is 2.37. The van der Waals surface area contributed by atoms with Gasteiger partial charge in [-0.3, -0.25) is 14.3 Å². The molecule has 0 amide bonds. The molecule has 1 atom stereocenters. The molecule has 20 heavy (non-hydrogen) atoms. The van der Waals surface area contributed by atoms with Crippen LogP contribution in [0.3, 0.4) is 0 Å². The summed E-state index contributed by atoms with van der Waals surface area (Å²) in [5, 5.41) is 12.5. The number of aliphatic hydroxyl groups excluding tert-OH is 1. The van der Waals surface area contributed by atoms with Gasteiger partial charge in [-0.25, -0.2) is 4.79 Å². The van der Waals surface area contributed by atoms with Crippen LogP contribution in [0.5, 0.6) is 0 Å². The van der Waals surface area contributed by atoms with Gasteiger partial charge in [0.25, 0.3) is 5.56 Å². The summed E-state index contributed by atoms with van der Waals surface area (Å²) in [5.74, 6) is 0.0777. The average molecular weight is 286 g/mol. The second-order valence-corrected chi connectivity index (χ2v) is 4.86. The van der Waals surface area contributed by atoms with Crippen molar-refractivity contribution < 1.29 is 9.84 Å². The van der Waals surface area contributed by atoms with Gasteiger partial charge < -0.3 is 20.9 Å². The molecule has 1 unspecified atom stereocenters. The summed E-state index contributed by atoms with van der Waals surface area (Å²) < 4.78 is 6.11. The Balaban J connectivity index is 3.01. The molecular formula is C12H22N4O4. The first-order valence-corrected chi connectivity index (χ1v) is 6.42. The molecule has 1 rings (SSSR count). The number of aliphatic hydroxyl groups is 1. The standard InChI is InChI=1S/C12H22N4O4/c1-7(2)8(17)6-14-9-10(13)16(4-5-20-3)12(19)15-11(9)18/h7-8,14,17H,4-6,13H2,1-3H3,(H,15,18,19). The molecule has 8 nitrogen and oxygen atoms in total. The molecule has 114 valence electrons. The Kier molecular flexibility index (Phi) is 5.78. The van der Waals surface area contributed by atoms with E-state index in [1.165, 1.54) is 11.7 Å². The lowest BCUT2D eigenvalue weighted by molar-refractivity contribution is 0.138. The fourth-order valence-corrected chi connectivity index (χ4v) is 1.61. The van der Waals surface area contributed by atoms with Crippen molar-refractivity contribution in [2.75, 3.05) is 31.3 Å². The lowest BCUT2D eigenvalue weighted by Crippen LogP contribution is -2.36. The van der Waals surface area contributed by atoms with Gasteiger partial charge >= 0.3 is 5.69 Å². The lowest BCUT2D eigenvalue weighted by Gasteiger charge is -2.17. The minimum absolute atomic E-state index is 0.0340. The lowest BCUT2D eigenvalue weighted by atomic mass is 10.1. The molecule has 8 heteroatoms. The molecule has 0 spiro atoms. The maximum Gasteiger partial charge on any atom is 0.330 e. The SMILES string of the molecule is COCCn1c(N)c(NCC(O)C(C)C)c(=O)[nH]c1=O. The molecule has 1 aromatic heterocycles. The fraction of sp³-hybridized carbons (Fsp3) is 0.667. The first-order valence-electron chi connectivity index (χ1n) is 6.42. The van der Waals surface area contributed by atoms with Crippen molar-refractivity contribution in [1.29, 1.82) is 0 Å². The van der Waals surface area contributed by atoms with E-state index in [1.807, 2.05) is 13.8 Å². The zero-order valence-corrected chi connectivity index (χ0v) is 12.0. The third-order valence-electron chi connectivity index (χ3n) is 3.02. The molecule has 0 radical (unpaired) electrons. The normalized spacial score (nSPS) is 12.7. The third kappa shape index (κ3) is 3.84. The number of ether oxygens (including phenoxy) is 1. The number of nitrogen functional groups attached to an aromatic ring is 1. The molecular weight excluding hydrogens is 264 g/mol. The first-order chi connectivity index (χ1) is 9.38. The Morgan fingerprint density at radius 3 is 2.65 bits per heavy atom. The summed E-state index contributed by atoms with van der Waals surface area (Å²) in [6, 6.07) is 0. The van der Waals surface area contributed by atoms with E-state index < -0.39 is 17.4 Å². The summed E-state index contributed by atoms with van der Waals surface area (Å²) in [4.78, 5) is 25.6.